The van der Waals surface area contributed by atoms with Crippen molar-refractivity contribution in [3.05, 3.63) is 27.4 Å². The number of urea groups is 1. The standard InChI is InChI=1S/C10H10BrClFN3O2/c1-4(9(17)16-10(14)18)15-8-6(11)2-5(13)3-7(8)12/h2-4,15H,1H3,(H3,14,16,17,18). The summed E-state index contributed by atoms with van der Waals surface area (Å²) in [5, 5.41) is 4.78. The fourth-order valence-corrected chi connectivity index (χ4v) is 2.11. The first-order valence-electron chi connectivity index (χ1n) is 4.82. The number of amides is 3. The molecule has 5 nitrogen and oxygen atoms in total. The second-order valence-electron chi connectivity index (χ2n) is 3.46. The summed E-state index contributed by atoms with van der Waals surface area (Å²) >= 11 is 8.95. The lowest BCUT2D eigenvalue weighted by molar-refractivity contribution is -0.120. The highest BCUT2D eigenvalue weighted by Gasteiger charge is 2.17. The summed E-state index contributed by atoms with van der Waals surface area (Å²) in [5.41, 5.74) is 5.17. The summed E-state index contributed by atoms with van der Waals surface area (Å²) in [6.07, 6.45) is 0. The van der Waals surface area contributed by atoms with Crippen molar-refractivity contribution in [2.75, 3.05) is 5.32 Å². The van der Waals surface area contributed by atoms with Gasteiger partial charge in [-0.2, -0.15) is 0 Å². The van der Waals surface area contributed by atoms with Gasteiger partial charge in [0, 0.05) is 4.47 Å². The van der Waals surface area contributed by atoms with Gasteiger partial charge in [-0.1, -0.05) is 11.6 Å². The quantitative estimate of drug-likeness (QED) is 0.790. The molecule has 8 heteroatoms. The van der Waals surface area contributed by atoms with Crippen molar-refractivity contribution in [1.29, 1.82) is 0 Å². The van der Waals surface area contributed by atoms with E-state index in [9.17, 15) is 14.0 Å². The molecule has 3 amide bonds. The molecule has 4 N–H and O–H groups in total. The molecule has 0 saturated carbocycles. The molecule has 1 aromatic carbocycles. The number of primary amides is 1. The van der Waals surface area contributed by atoms with Gasteiger partial charge in [0.15, 0.2) is 0 Å². The average molecular weight is 339 g/mol. The first-order chi connectivity index (χ1) is 8.31. The number of rotatable bonds is 3. The van der Waals surface area contributed by atoms with Crippen LogP contribution in [0.5, 0.6) is 0 Å². The Kier molecular flexibility index (Phi) is 4.92. The van der Waals surface area contributed by atoms with Gasteiger partial charge in [0.2, 0.25) is 5.91 Å². The molecule has 1 atom stereocenters. The van der Waals surface area contributed by atoms with Gasteiger partial charge < -0.3 is 11.1 Å². The maximum absolute atomic E-state index is 13.0. The zero-order chi connectivity index (χ0) is 13.9. The molecule has 0 bridgehead atoms. The monoisotopic (exact) mass is 337 g/mol. The molecule has 0 spiro atoms. The van der Waals surface area contributed by atoms with Crippen LogP contribution in [0.25, 0.3) is 0 Å². The van der Waals surface area contributed by atoms with Crippen LogP contribution in [0.2, 0.25) is 5.02 Å². The lowest BCUT2D eigenvalue weighted by Gasteiger charge is -2.16. The predicted octanol–water partition coefficient (Wildman–Crippen LogP) is 2.24. The minimum absolute atomic E-state index is 0.112. The van der Waals surface area contributed by atoms with Gasteiger partial charge >= 0.3 is 6.03 Å². The van der Waals surface area contributed by atoms with Gasteiger partial charge in [0.05, 0.1) is 10.7 Å². The zero-order valence-electron chi connectivity index (χ0n) is 9.26. The van der Waals surface area contributed by atoms with Crippen LogP contribution >= 0.6 is 27.5 Å². The maximum Gasteiger partial charge on any atom is 0.318 e. The summed E-state index contributed by atoms with van der Waals surface area (Å²) < 4.78 is 13.4. The highest BCUT2D eigenvalue weighted by molar-refractivity contribution is 9.10. The smallest absolute Gasteiger partial charge is 0.318 e. The fourth-order valence-electron chi connectivity index (χ4n) is 1.19. The Hall–Kier alpha value is -1.34. The summed E-state index contributed by atoms with van der Waals surface area (Å²) in [5.74, 6) is -1.12. The highest BCUT2D eigenvalue weighted by Crippen LogP contribution is 2.32. The number of benzene rings is 1. The van der Waals surface area contributed by atoms with Gasteiger partial charge in [0.25, 0.3) is 0 Å². The lowest BCUT2D eigenvalue weighted by Crippen LogP contribution is -2.43. The van der Waals surface area contributed by atoms with Crippen LogP contribution in [0.4, 0.5) is 14.9 Å². The van der Waals surface area contributed by atoms with Gasteiger partial charge in [-0.05, 0) is 35.0 Å². The van der Waals surface area contributed by atoms with Crippen molar-refractivity contribution < 1.29 is 14.0 Å². The van der Waals surface area contributed by atoms with E-state index >= 15 is 0 Å². The number of hydrogen-bond donors (Lipinski definition) is 3. The van der Waals surface area contributed by atoms with E-state index in [1.54, 1.807) is 0 Å². The van der Waals surface area contributed by atoms with E-state index in [0.29, 0.717) is 10.2 Å². The zero-order valence-corrected chi connectivity index (χ0v) is 11.6. The number of imide groups is 1. The molecule has 1 rings (SSSR count). The molecule has 98 valence electrons. The summed E-state index contributed by atoms with van der Waals surface area (Å²) in [4.78, 5) is 22.0. The Morgan fingerprint density at radius 2 is 2.11 bits per heavy atom. The molecule has 18 heavy (non-hydrogen) atoms. The Balaban J connectivity index is 2.85. The first-order valence-corrected chi connectivity index (χ1v) is 5.99. The number of carbonyl (C=O) groups is 2. The minimum Gasteiger partial charge on any atom is -0.372 e. The second-order valence-corrected chi connectivity index (χ2v) is 4.73. The topological polar surface area (TPSA) is 84.2 Å². The van der Waals surface area contributed by atoms with Crippen molar-refractivity contribution in [1.82, 2.24) is 5.32 Å². The van der Waals surface area contributed by atoms with Gasteiger partial charge in [-0.3, -0.25) is 10.1 Å². The fraction of sp³-hybridized carbons (Fsp3) is 0.200. The molecule has 0 aliphatic carbocycles. The first kappa shape index (κ1) is 14.7. The van der Waals surface area contributed by atoms with E-state index in [1.165, 1.54) is 13.0 Å². The van der Waals surface area contributed by atoms with Crippen LogP contribution in [0.15, 0.2) is 16.6 Å². The largest absolute Gasteiger partial charge is 0.372 e. The third kappa shape index (κ3) is 3.85. The van der Waals surface area contributed by atoms with Crippen molar-refractivity contribution >= 4 is 45.2 Å². The molecule has 0 radical (unpaired) electrons. The van der Waals surface area contributed by atoms with Gasteiger partial charge in [-0.25, -0.2) is 9.18 Å². The number of nitrogens with two attached hydrogens (primary N) is 1. The van der Waals surface area contributed by atoms with Crippen LogP contribution in [0.3, 0.4) is 0 Å². The Bertz CT molecular complexity index is 475. The van der Waals surface area contributed by atoms with Crippen LogP contribution in [0.1, 0.15) is 6.92 Å². The molecule has 0 aliphatic heterocycles. The van der Waals surface area contributed by atoms with Crippen LogP contribution < -0.4 is 16.4 Å². The maximum atomic E-state index is 13.0. The van der Waals surface area contributed by atoms with Gasteiger partial charge in [0.1, 0.15) is 11.9 Å². The number of anilines is 1. The van der Waals surface area contributed by atoms with E-state index in [0.717, 1.165) is 6.07 Å². The molecule has 0 aliphatic rings. The molecule has 1 aromatic rings. The van der Waals surface area contributed by atoms with E-state index in [-0.39, 0.29) is 5.02 Å². The number of nitrogens with one attached hydrogen (secondary N) is 2. The third-order valence-corrected chi connectivity index (χ3v) is 2.93. The molecular formula is C10H10BrClFN3O2. The van der Waals surface area contributed by atoms with E-state index in [4.69, 9.17) is 17.3 Å². The number of halogens is 3. The normalized spacial score (nSPS) is 11.8. The lowest BCUT2D eigenvalue weighted by atomic mass is 10.2. The molecule has 1 unspecified atom stereocenters. The molecule has 0 aromatic heterocycles. The Morgan fingerprint density at radius 1 is 1.50 bits per heavy atom. The average Bonchev–Trinajstić information content (AvgIpc) is 2.21. The van der Waals surface area contributed by atoms with Crippen molar-refractivity contribution in [2.45, 2.75) is 13.0 Å². The van der Waals surface area contributed by atoms with Crippen LogP contribution in [-0.4, -0.2) is 18.0 Å². The van der Waals surface area contributed by atoms with Crippen LogP contribution in [-0.2, 0) is 4.79 Å². The molecule has 0 heterocycles. The molecular weight excluding hydrogens is 328 g/mol. The number of carbonyl (C=O) groups excluding carboxylic acids is 2. The van der Waals surface area contributed by atoms with E-state index < -0.39 is 23.8 Å². The van der Waals surface area contributed by atoms with E-state index in [1.807, 2.05) is 5.32 Å². The summed E-state index contributed by atoms with van der Waals surface area (Å²) in [6, 6.07) is 0.593. The number of hydrogen-bond acceptors (Lipinski definition) is 3. The van der Waals surface area contributed by atoms with Crippen molar-refractivity contribution in [3.8, 4) is 0 Å². The summed E-state index contributed by atoms with van der Waals surface area (Å²) in [6.45, 7) is 1.50. The highest BCUT2D eigenvalue weighted by atomic mass is 79.9. The second kappa shape index (κ2) is 6.01. The molecule has 0 saturated heterocycles. The van der Waals surface area contributed by atoms with Crippen LogP contribution in [0, 0.1) is 5.82 Å². The SMILES string of the molecule is CC(Nc1c(Cl)cc(F)cc1Br)C(=O)NC(N)=O. The molecule has 0 fully saturated rings. The van der Waals surface area contributed by atoms with Crippen molar-refractivity contribution in [2.24, 2.45) is 5.73 Å². The third-order valence-electron chi connectivity index (χ3n) is 2.01. The Labute approximate surface area is 116 Å². The van der Waals surface area contributed by atoms with Gasteiger partial charge in [-0.15, -0.1) is 0 Å². The van der Waals surface area contributed by atoms with Crippen molar-refractivity contribution in [3.63, 3.8) is 0 Å². The minimum atomic E-state index is -0.946. The predicted molar refractivity (Wildman–Crippen MR) is 69.9 cm³/mol. The Morgan fingerprint density at radius 3 is 2.61 bits per heavy atom. The summed E-state index contributed by atoms with van der Waals surface area (Å²) in [7, 11) is 0. The van der Waals surface area contributed by atoms with E-state index in [2.05, 4.69) is 21.2 Å².